The first kappa shape index (κ1) is 15.4. The van der Waals surface area contributed by atoms with Crippen molar-refractivity contribution in [3.63, 3.8) is 0 Å². The third-order valence-electron chi connectivity index (χ3n) is 2.56. The molecule has 2 atom stereocenters. The van der Waals surface area contributed by atoms with Gasteiger partial charge in [0.05, 0.1) is 18.7 Å². The zero-order chi connectivity index (χ0) is 12.4. The maximum absolute atomic E-state index is 11.7. The Labute approximate surface area is 98.9 Å². The first-order valence-electron chi connectivity index (χ1n) is 6.20. The van der Waals surface area contributed by atoms with Crippen molar-refractivity contribution in [3.05, 3.63) is 0 Å². The van der Waals surface area contributed by atoms with Gasteiger partial charge < -0.3 is 15.8 Å². The average molecular weight is 230 g/mol. The summed E-state index contributed by atoms with van der Waals surface area (Å²) in [5.74, 6) is -0.0556. The van der Waals surface area contributed by atoms with E-state index in [-0.39, 0.29) is 18.0 Å². The quantitative estimate of drug-likeness (QED) is 0.630. The number of carbonyl (C=O) groups is 1. The lowest BCUT2D eigenvalue weighted by molar-refractivity contribution is -0.123. The van der Waals surface area contributed by atoms with Crippen LogP contribution < -0.4 is 11.1 Å². The Kier molecular flexibility index (Phi) is 9.24. The molecule has 3 N–H and O–H groups in total. The van der Waals surface area contributed by atoms with Crippen LogP contribution in [0.1, 0.15) is 46.0 Å². The van der Waals surface area contributed by atoms with Gasteiger partial charge in [-0.1, -0.05) is 33.1 Å². The zero-order valence-electron chi connectivity index (χ0n) is 10.8. The van der Waals surface area contributed by atoms with E-state index in [1.165, 1.54) is 0 Å². The van der Waals surface area contributed by atoms with Crippen LogP contribution in [0.25, 0.3) is 0 Å². The summed E-state index contributed by atoms with van der Waals surface area (Å²) in [5, 5.41) is 2.95. The van der Waals surface area contributed by atoms with Crippen molar-refractivity contribution in [1.29, 1.82) is 0 Å². The third kappa shape index (κ3) is 6.80. The van der Waals surface area contributed by atoms with Crippen LogP contribution in [0.4, 0.5) is 0 Å². The van der Waals surface area contributed by atoms with Gasteiger partial charge in [-0.3, -0.25) is 4.79 Å². The van der Waals surface area contributed by atoms with E-state index in [9.17, 15) is 4.79 Å². The molecular formula is C12H26N2O2. The minimum atomic E-state index is -0.383. The largest absolute Gasteiger partial charge is 0.383 e. The Morgan fingerprint density at radius 1 is 1.31 bits per heavy atom. The summed E-state index contributed by atoms with van der Waals surface area (Å²) >= 11 is 0. The van der Waals surface area contributed by atoms with E-state index in [0.717, 1.165) is 32.1 Å². The van der Waals surface area contributed by atoms with Crippen molar-refractivity contribution < 1.29 is 9.53 Å². The Morgan fingerprint density at radius 2 is 2.00 bits per heavy atom. The van der Waals surface area contributed by atoms with Crippen LogP contribution in [0.2, 0.25) is 0 Å². The van der Waals surface area contributed by atoms with Gasteiger partial charge >= 0.3 is 0 Å². The fourth-order valence-electron chi connectivity index (χ4n) is 1.60. The van der Waals surface area contributed by atoms with Crippen LogP contribution in [0.5, 0.6) is 0 Å². The van der Waals surface area contributed by atoms with Gasteiger partial charge in [-0.2, -0.15) is 0 Å². The van der Waals surface area contributed by atoms with Gasteiger partial charge in [-0.05, 0) is 12.8 Å². The molecule has 2 unspecified atom stereocenters. The molecule has 4 heteroatoms. The summed E-state index contributed by atoms with van der Waals surface area (Å²) < 4.78 is 5.09. The summed E-state index contributed by atoms with van der Waals surface area (Å²) in [7, 11) is 1.65. The van der Waals surface area contributed by atoms with Gasteiger partial charge in [-0.25, -0.2) is 0 Å². The van der Waals surface area contributed by atoms with Crippen LogP contribution in [0.3, 0.4) is 0 Å². The number of rotatable bonds is 9. The highest BCUT2D eigenvalue weighted by Crippen LogP contribution is 2.02. The third-order valence-corrected chi connectivity index (χ3v) is 2.56. The van der Waals surface area contributed by atoms with Gasteiger partial charge in [0.15, 0.2) is 0 Å². The lowest BCUT2D eigenvalue weighted by atomic mass is 10.1. The van der Waals surface area contributed by atoms with E-state index < -0.39 is 0 Å². The maximum Gasteiger partial charge on any atom is 0.237 e. The first-order valence-corrected chi connectivity index (χ1v) is 6.20. The maximum atomic E-state index is 11.7. The summed E-state index contributed by atoms with van der Waals surface area (Å²) in [5.41, 5.74) is 5.75. The second-order valence-corrected chi connectivity index (χ2v) is 4.20. The predicted molar refractivity (Wildman–Crippen MR) is 66.2 cm³/mol. The number of hydrogen-bond acceptors (Lipinski definition) is 3. The van der Waals surface area contributed by atoms with E-state index in [4.69, 9.17) is 10.5 Å². The Morgan fingerprint density at radius 3 is 2.50 bits per heavy atom. The summed E-state index contributed by atoms with van der Waals surface area (Å²) in [6.45, 7) is 4.72. The number of hydrogen-bond donors (Lipinski definition) is 2. The summed E-state index contributed by atoms with van der Waals surface area (Å²) in [4.78, 5) is 11.7. The smallest absolute Gasteiger partial charge is 0.237 e. The van der Waals surface area contributed by atoms with Crippen LogP contribution in [-0.4, -0.2) is 31.7 Å². The SMILES string of the molecule is CCCCC(COC)NC(=O)C(N)CCC. The molecule has 0 aliphatic carbocycles. The first-order chi connectivity index (χ1) is 7.65. The van der Waals surface area contributed by atoms with Gasteiger partial charge in [0.25, 0.3) is 0 Å². The van der Waals surface area contributed by atoms with Gasteiger partial charge in [0.1, 0.15) is 0 Å². The van der Waals surface area contributed by atoms with Gasteiger partial charge in [0.2, 0.25) is 5.91 Å². The molecule has 0 aromatic carbocycles. The molecule has 16 heavy (non-hydrogen) atoms. The lowest BCUT2D eigenvalue weighted by Crippen LogP contribution is -2.46. The molecule has 0 aromatic rings. The standard InChI is InChI=1S/C12H26N2O2/c1-4-6-8-10(9-16-3)14-12(15)11(13)7-5-2/h10-11H,4-9,13H2,1-3H3,(H,14,15). The van der Waals surface area contributed by atoms with Crippen molar-refractivity contribution in [2.24, 2.45) is 5.73 Å². The number of methoxy groups -OCH3 is 1. The second kappa shape index (κ2) is 9.60. The van der Waals surface area contributed by atoms with Crippen molar-refractivity contribution in [2.45, 2.75) is 58.0 Å². The Bertz CT molecular complexity index is 186. The van der Waals surface area contributed by atoms with E-state index in [1.54, 1.807) is 7.11 Å². The molecule has 0 radical (unpaired) electrons. The molecule has 0 aliphatic heterocycles. The van der Waals surface area contributed by atoms with E-state index in [2.05, 4.69) is 12.2 Å². The van der Waals surface area contributed by atoms with Crippen LogP contribution >= 0.6 is 0 Å². The highest BCUT2D eigenvalue weighted by Gasteiger charge is 2.16. The van der Waals surface area contributed by atoms with Crippen molar-refractivity contribution >= 4 is 5.91 Å². The minimum absolute atomic E-state index is 0.0556. The van der Waals surface area contributed by atoms with Gasteiger partial charge in [0, 0.05) is 7.11 Å². The van der Waals surface area contributed by atoms with Crippen molar-refractivity contribution in [1.82, 2.24) is 5.32 Å². The second-order valence-electron chi connectivity index (χ2n) is 4.20. The Hall–Kier alpha value is -0.610. The van der Waals surface area contributed by atoms with Crippen molar-refractivity contribution in [2.75, 3.05) is 13.7 Å². The molecule has 0 saturated heterocycles. The van der Waals surface area contributed by atoms with E-state index in [1.807, 2.05) is 6.92 Å². The highest BCUT2D eigenvalue weighted by molar-refractivity contribution is 5.81. The molecule has 0 aliphatic rings. The summed E-state index contributed by atoms with van der Waals surface area (Å²) in [6, 6.07) is -0.286. The zero-order valence-corrected chi connectivity index (χ0v) is 10.8. The topological polar surface area (TPSA) is 64.3 Å². The fourth-order valence-corrected chi connectivity index (χ4v) is 1.60. The summed E-state index contributed by atoms with van der Waals surface area (Å²) in [6.07, 6.45) is 4.83. The number of amides is 1. The fraction of sp³-hybridized carbons (Fsp3) is 0.917. The number of ether oxygens (including phenoxy) is 1. The lowest BCUT2D eigenvalue weighted by Gasteiger charge is -2.20. The van der Waals surface area contributed by atoms with Crippen molar-refractivity contribution in [3.8, 4) is 0 Å². The molecule has 1 amide bonds. The molecule has 0 rings (SSSR count). The van der Waals surface area contributed by atoms with Crippen LogP contribution in [0.15, 0.2) is 0 Å². The van der Waals surface area contributed by atoms with Crippen LogP contribution in [0, 0.1) is 0 Å². The number of unbranched alkanes of at least 4 members (excludes halogenated alkanes) is 1. The number of nitrogens with two attached hydrogens (primary N) is 1. The molecule has 4 nitrogen and oxygen atoms in total. The monoisotopic (exact) mass is 230 g/mol. The normalized spacial score (nSPS) is 14.5. The van der Waals surface area contributed by atoms with Crippen LogP contribution in [-0.2, 0) is 9.53 Å². The number of carbonyl (C=O) groups excluding carboxylic acids is 1. The molecular weight excluding hydrogens is 204 g/mol. The number of nitrogens with one attached hydrogen (secondary N) is 1. The average Bonchev–Trinajstić information content (AvgIpc) is 2.26. The van der Waals surface area contributed by atoms with E-state index in [0.29, 0.717) is 6.61 Å². The molecule has 0 fully saturated rings. The Balaban J connectivity index is 4.00. The molecule has 0 bridgehead atoms. The minimum Gasteiger partial charge on any atom is -0.383 e. The predicted octanol–water partition coefficient (Wildman–Crippen LogP) is 1.44. The molecule has 0 heterocycles. The molecule has 0 spiro atoms. The molecule has 0 aromatic heterocycles. The molecule has 96 valence electrons. The van der Waals surface area contributed by atoms with Gasteiger partial charge in [-0.15, -0.1) is 0 Å². The highest BCUT2D eigenvalue weighted by atomic mass is 16.5. The van der Waals surface area contributed by atoms with E-state index >= 15 is 0 Å². The molecule has 0 saturated carbocycles.